The zero-order chi connectivity index (χ0) is 9.70. The van der Waals surface area contributed by atoms with Gasteiger partial charge in [-0.15, -0.1) is 0 Å². The molecule has 0 saturated heterocycles. The van der Waals surface area contributed by atoms with Crippen molar-refractivity contribution in [3.05, 3.63) is 24.8 Å². The molecule has 0 amide bonds. The van der Waals surface area contributed by atoms with Crippen LogP contribution in [0.15, 0.2) is 24.8 Å². The first kappa shape index (κ1) is 16.8. The van der Waals surface area contributed by atoms with Gasteiger partial charge in [0.25, 0.3) is 0 Å². The number of hydrogen-bond donors (Lipinski definition) is 0. The molecular formula is C11H24. The van der Waals surface area contributed by atoms with E-state index in [-0.39, 0.29) is 0 Å². The van der Waals surface area contributed by atoms with Gasteiger partial charge in [-0.2, -0.15) is 0 Å². The molecule has 0 aliphatic carbocycles. The van der Waals surface area contributed by atoms with Crippen LogP contribution in [0.1, 0.15) is 41.5 Å². The summed E-state index contributed by atoms with van der Waals surface area (Å²) in [5, 5.41) is 0. The normalized spacial score (nSPS) is 7.91. The molecule has 0 aromatic rings. The predicted molar refractivity (Wildman–Crippen MR) is 56.9 cm³/mol. The molecule has 0 heterocycles. The zero-order valence-electron chi connectivity index (χ0n) is 9.02. The highest BCUT2D eigenvalue weighted by molar-refractivity contribution is 4.98. The molecule has 11 heavy (non-hydrogen) atoms. The topological polar surface area (TPSA) is 0 Å². The average Bonchev–Trinajstić information content (AvgIpc) is 2.08. The summed E-state index contributed by atoms with van der Waals surface area (Å²) in [5.74, 6) is 0.651. The fourth-order valence-corrected chi connectivity index (χ4v) is 0.301. The summed E-state index contributed by atoms with van der Waals surface area (Å²) < 4.78 is 0. The van der Waals surface area contributed by atoms with Gasteiger partial charge in [0.2, 0.25) is 0 Å². The van der Waals surface area contributed by atoms with Gasteiger partial charge in [0.15, 0.2) is 0 Å². The molecular weight excluding hydrogens is 132 g/mol. The lowest BCUT2D eigenvalue weighted by atomic mass is 10.2. The van der Waals surface area contributed by atoms with Crippen molar-refractivity contribution >= 4 is 0 Å². The second-order valence-electron chi connectivity index (χ2n) is 1.86. The molecule has 0 N–H and O–H groups in total. The van der Waals surface area contributed by atoms with Crippen molar-refractivity contribution in [1.82, 2.24) is 0 Å². The van der Waals surface area contributed by atoms with Crippen molar-refractivity contribution in [3.63, 3.8) is 0 Å². The number of hydrogen-bond acceptors (Lipinski definition) is 0. The lowest BCUT2D eigenvalue weighted by Crippen LogP contribution is -1.73. The summed E-state index contributed by atoms with van der Waals surface area (Å²) >= 11 is 0. The Morgan fingerprint density at radius 1 is 1.00 bits per heavy atom. The molecule has 0 atom stereocenters. The molecule has 0 spiro atoms. The van der Waals surface area contributed by atoms with E-state index >= 15 is 0 Å². The second kappa shape index (κ2) is 22.7. The summed E-state index contributed by atoms with van der Waals surface area (Å²) in [4.78, 5) is 0. The molecule has 0 aliphatic heterocycles. The van der Waals surface area contributed by atoms with Crippen molar-refractivity contribution in [1.29, 1.82) is 0 Å². The van der Waals surface area contributed by atoms with Crippen molar-refractivity contribution in [2.24, 2.45) is 5.92 Å². The second-order valence-corrected chi connectivity index (χ2v) is 1.86. The Labute approximate surface area is 73.0 Å². The first-order valence-electron chi connectivity index (χ1n) is 4.56. The van der Waals surface area contributed by atoms with Gasteiger partial charge in [-0.1, -0.05) is 66.3 Å². The average molecular weight is 156 g/mol. The monoisotopic (exact) mass is 156 g/mol. The molecule has 0 bridgehead atoms. The van der Waals surface area contributed by atoms with Crippen LogP contribution in [0.4, 0.5) is 0 Å². The molecule has 0 unspecified atom stereocenters. The summed E-state index contributed by atoms with van der Waals surface area (Å²) in [6.45, 7) is 15.8. The zero-order valence-corrected chi connectivity index (χ0v) is 9.02. The first-order valence-corrected chi connectivity index (χ1v) is 4.56. The summed E-state index contributed by atoms with van der Waals surface area (Å²) in [6, 6.07) is 0. The van der Waals surface area contributed by atoms with Crippen LogP contribution in [0.2, 0.25) is 0 Å². The summed E-state index contributed by atoms with van der Waals surface area (Å²) in [5.41, 5.74) is 0. The Hall–Kier alpha value is -0.520. The smallest absolute Gasteiger partial charge is 0.0287 e. The van der Waals surface area contributed by atoms with E-state index in [1.807, 2.05) is 33.8 Å². The predicted octanol–water partition coefficient (Wildman–Crippen LogP) is 4.44. The van der Waals surface area contributed by atoms with Crippen LogP contribution >= 0.6 is 0 Å². The molecule has 0 nitrogen and oxygen atoms in total. The van der Waals surface area contributed by atoms with E-state index in [2.05, 4.69) is 26.5 Å². The van der Waals surface area contributed by atoms with Crippen LogP contribution < -0.4 is 0 Å². The lowest BCUT2D eigenvalue weighted by molar-refractivity contribution is 0.832. The summed E-state index contributed by atoms with van der Waals surface area (Å²) in [6.07, 6.45) is 5.86. The minimum atomic E-state index is 0.651. The first-order chi connectivity index (χ1) is 5.27. The van der Waals surface area contributed by atoms with Gasteiger partial charge >= 0.3 is 0 Å². The van der Waals surface area contributed by atoms with Crippen LogP contribution in [0.5, 0.6) is 0 Å². The molecule has 0 fully saturated rings. The van der Waals surface area contributed by atoms with Crippen LogP contribution in [0.25, 0.3) is 0 Å². The molecule has 0 heteroatoms. The maximum atomic E-state index is 3.55. The van der Waals surface area contributed by atoms with Crippen molar-refractivity contribution in [3.8, 4) is 0 Å². The molecule has 0 saturated carbocycles. The third-order valence-corrected chi connectivity index (χ3v) is 0.632. The van der Waals surface area contributed by atoms with Crippen LogP contribution in [-0.2, 0) is 0 Å². The van der Waals surface area contributed by atoms with Gasteiger partial charge in [0.05, 0.1) is 0 Å². The van der Waals surface area contributed by atoms with Gasteiger partial charge in [0.1, 0.15) is 0 Å². The maximum Gasteiger partial charge on any atom is -0.0287 e. The van der Waals surface area contributed by atoms with Crippen LogP contribution in [0, 0.1) is 5.92 Å². The third-order valence-electron chi connectivity index (χ3n) is 0.632. The SMILES string of the molecule is C=C/C=C\C(C)C.CC.CC. The van der Waals surface area contributed by atoms with Crippen LogP contribution in [0.3, 0.4) is 0 Å². The quantitative estimate of drug-likeness (QED) is 0.519. The summed E-state index contributed by atoms with van der Waals surface area (Å²) in [7, 11) is 0. The van der Waals surface area contributed by atoms with E-state index in [1.54, 1.807) is 6.08 Å². The lowest BCUT2D eigenvalue weighted by Gasteiger charge is -1.87. The van der Waals surface area contributed by atoms with E-state index in [4.69, 9.17) is 0 Å². The molecule has 68 valence electrons. The number of rotatable bonds is 2. The Balaban J connectivity index is -0.000000138. The highest BCUT2D eigenvalue weighted by Gasteiger charge is 1.77. The fourth-order valence-electron chi connectivity index (χ4n) is 0.301. The van der Waals surface area contributed by atoms with Gasteiger partial charge in [-0.05, 0) is 5.92 Å². The van der Waals surface area contributed by atoms with Crippen molar-refractivity contribution in [2.45, 2.75) is 41.5 Å². The molecule has 0 rings (SSSR count). The van der Waals surface area contributed by atoms with E-state index in [0.717, 1.165) is 0 Å². The maximum absolute atomic E-state index is 3.55. The van der Waals surface area contributed by atoms with E-state index in [9.17, 15) is 0 Å². The molecule has 0 aromatic heterocycles. The largest absolute Gasteiger partial charge is 0.0991 e. The van der Waals surface area contributed by atoms with Gasteiger partial charge < -0.3 is 0 Å². The van der Waals surface area contributed by atoms with Gasteiger partial charge in [-0.3, -0.25) is 0 Å². The third kappa shape index (κ3) is 43.8. The van der Waals surface area contributed by atoms with E-state index in [0.29, 0.717) is 5.92 Å². The van der Waals surface area contributed by atoms with Crippen molar-refractivity contribution in [2.75, 3.05) is 0 Å². The Bertz CT molecular complexity index is 68.1. The molecule has 0 radical (unpaired) electrons. The standard InChI is InChI=1S/C7H12.2C2H6/c1-4-5-6-7(2)3;2*1-2/h4-7H,1H2,2-3H3;2*1-2H3/b6-5-;;. The fraction of sp³-hybridized carbons (Fsp3) is 0.636. The van der Waals surface area contributed by atoms with Crippen molar-refractivity contribution < 1.29 is 0 Å². The Morgan fingerprint density at radius 3 is 1.45 bits per heavy atom. The van der Waals surface area contributed by atoms with E-state index in [1.165, 1.54) is 0 Å². The number of allylic oxidation sites excluding steroid dienone is 3. The van der Waals surface area contributed by atoms with Gasteiger partial charge in [-0.25, -0.2) is 0 Å². The Morgan fingerprint density at radius 2 is 1.36 bits per heavy atom. The Kier molecular flexibility index (Phi) is 34.7. The van der Waals surface area contributed by atoms with E-state index < -0.39 is 0 Å². The van der Waals surface area contributed by atoms with Crippen LogP contribution in [-0.4, -0.2) is 0 Å². The highest BCUT2D eigenvalue weighted by Crippen LogP contribution is 1.91. The molecule has 0 aromatic carbocycles. The minimum absolute atomic E-state index is 0.651. The van der Waals surface area contributed by atoms with Gasteiger partial charge in [0, 0.05) is 0 Å². The molecule has 0 aliphatic rings. The highest BCUT2D eigenvalue weighted by atomic mass is 13.8. The minimum Gasteiger partial charge on any atom is -0.0991 e.